The zero-order chi connectivity index (χ0) is 14.4. The van der Waals surface area contributed by atoms with Crippen LogP contribution in [-0.4, -0.2) is 34.9 Å². The molecule has 1 aromatic carbocycles. The Morgan fingerprint density at radius 3 is 2.63 bits per heavy atom. The Morgan fingerprint density at radius 2 is 2.11 bits per heavy atom. The summed E-state index contributed by atoms with van der Waals surface area (Å²) < 4.78 is 1.82. The van der Waals surface area contributed by atoms with E-state index in [1.54, 1.807) is 12.1 Å². The predicted molar refractivity (Wildman–Crippen MR) is 82.1 cm³/mol. The van der Waals surface area contributed by atoms with Gasteiger partial charge in [-0.15, -0.1) is 0 Å². The van der Waals surface area contributed by atoms with Gasteiger partial charge in [0.15, 0.2) is 0 Å². The number of anilines is 1. The van der Waals surface area contributed by atoms with Crippen molar-refractivity contribution in [1.82, 2.24) is 5.32 Å². The van der Waals surface area contributed by atoms with Gasteiger partial charge in [0.05, 0.1) is 0 Å². The van der Waals surface area contributed by atoms with Crippen LogP contribution in [0.5, 0.6) is 0 Å². The average molecular weight is 443 g/mol. The molecular weight excluding hydrogens is 431 g/mol. The Hall–Kier alpha value is -0.870. The molecule has 104 valence electrons. The molecule has 1 rings (SSSR count). The number of hydrogen-bond acceptors (Lipinski definition) is 3. The Labute approximate surface area is 131 Å². The second-order valence-electron chi connectivity index (χ2n) is 3.63. The summed E-state index contributed by atoms with van der Waals surface area (Å²) in [4.78, 5) is 22.4. The van der Waals surface area contributed by atoms with Gasteiger partial charge in [-0.1, -0.05) is 0 Å². The van der Waals surface area contributed by atoms with E-state index in [9.17, 15) is 9.59 Å². The third-order valence-corrected chi connectivity index (χ3v) is 4.54. The number of hydrogen-bond donors (Lipinski definition) is 4. The summed E-state index contributed by atoms with van der Waals surface area (Å²) in [5.41, 5.74) is 0.540. The molecule has 0 aliphatic rings. The number of rotatable bonds is 5. The SMILES string of the molecule is O=C(Nc1ccc(I)c(Br)c1)N[C@@H](CCO)C(=O)O. The molecule has 0 unspecified atom stereocenters. The molecule has 0 aliphatic heterocycles. The highest BCUT2D eigenvalue weighted by Gasteiger charge is 2.19. The van der Waals surface area contributed by atoms with Crippen LogP contribution < -0.4 is 10.6 Å². The number of aliphatic hydroxyl groups excluding tert-OH is 1. The van der Waals surface area contributed by atoms with Gasteiger partial charge in [0.1, 0.15) is 6.04 Å². The number of carbonyl (C=O) groups is 2. The summed E-state index contributed by atoms with van der Waals surface area (Å²) in [5, 5.41) is 22.3. The minimum Gasteiger partial charge on any atom is -0.480 e. The van der Waals surface area contributed by atoms with Crippen molar-refractivity contribution >= 4 is 56.2 Å². The van der Waals surface area contributed by atoms with E-state index in [0.29, 0.717) is 5.69 Å². The number of amides is 2. The molecule has 2 amide bonds. The van der Waals surface area contributed by atoms with Crippen molar-refractivity contribution < 1.29 is 19.8 Å². The predicted octanol–water partition coefficient (Wildman–Crippen LogP) is 2.01. The Kier molecular flexibility index (Phi) is 6.52. The molecule has 19 heavy (non-hydrogen) atoms. The average Bonchev–Trinajstić information content (AvgIpc) is 2.33. The number of carbonyl (C=O) groups excluding carboxylic acids is 1. The van der Waals surface area contributed by atoms with Gasteiger partial charge in [0.2, 0.25) is 0 Å². The lowest BCUT2D eigenvalue weighted by molar-refractivity contribution is -0.139. The Morgan fingerprint density at radius 1 is 1.42 bits per heavy atom. The zero-order valence-electron chi connectivity index (χ0n) is 9.69. The van der Waals surface area contributed by atoms with Crippen molar-refractivity contribution in [3.05, 3.63) is 26.2 Å². The van der Waals surface area contributed by atoms with Crippen LogP contribution in [0, 0.1) is 3.57 Å². The number of urea groups is 1. The molecule has 0 fully saturated rings. The van der Waals surface area contributed by atoms with Crippen LogP contribution in [0.2, 0.25) is 0 Å². The highest BCUT2D eigenvalue weighted by molar-refractivity contribution is 14.1. The summed E-state index contributed by atoms with van der Waals surface area (Å²) >= 11 is 5.46. The third-order valence-electron chi connectivity index (χ3n) is 2.20. The van der Waals surface area contributed by atoms with E-state index >= 15 is 0 Å². The molecule has 1 atom stereocenters. The maximum absolute atomic E-state index is 11.6. The van der Waals surface area contributed by atoms with E-state index in [1.807, 2.05) is 6.07 Å². The number of aliphatic hydroxyl groups is 1. The van der Waals surface area contributed by atoms with Gasteiger partial charge in [0.25, 0.3) is 0 Å². The highest BCUT2D eigenvalue weighted by Crippen LogP contribution is 2.22. The minimum atomic E-state index is -1.19. The summed E-state index contributed by atoms with van der Waals surface area (Å²) in [5.74, 6) is -1.19. The van der Waals surface area contributed by atoms with E-state index in [2.05, 4.69) is 49.2 Å². The van der Waals surface area contributed by atoms with Crippen LogP contribution in [0.25, 0.3) is 0 Å². The van der Waals surface area contributed by atoms with E-state index in [0.717, 1.165) is 8.04 Å². The smallest absolute Gasteiger partial charge is 0.326 e. The van der Waals surface area contributed by atoms with Gasteiger partial charge < -0.3 is 20.8 Å². The summed E-state index contributed by atoms with van der Waals surface area (Å²) in [6.07, 6.45) is -0.0425. The fraction of sp³-hybridized carbons (Fsp3) is 0.273. The van der Waals surface area contributed by atoms with Gasteiger partial charge in [-0.05, 0) is 56.7 Å². The molecule has 6 nitrogen and oxygen atoms in total. The van der Waals surface area contributed by atoms with E-state index in [-0.39, 0.29) is 13.0 Å². The molecule has 0 bridgehead atoms. The van der Waals surface area contributed by atoms with E-state index < -0.39 is 18.0 Å². The maximum atomic E-state index is 11.6. The number of halogens is 2. The number of carboxylic acid groups (broad SMARTS) is 1. The maximum Gasteiger partial charge on any atom is 0.326 e. The fourth-order valence-corrected chi connectivity index (χ4v) is 2.00. The summed E-state index contributed by atoms with van der Waals surface area (Å²) in [7, 11) is 0. The van der Waals surface area contributed by atoms with Crippen molar-refractivity contribution in [2.24, 2.45) is 0 Å². The molecule has 0 aromatic heterocycles. The molecular formula is C11H12BrIN2O4. The zero-order valence-corrected chi connectivity index (χ0v) is 13.4. The van der Waals surface area contributed by atoms with Crippen LogP contribution in [0.4, 0.5) is 10.5 Å². The lowest BCUT2D eigenvalue weighted by Crippen LogP contribution is -2.43. The van der Waals surface area contributed by atoms with Crippen molar-refractivity contribution in [3.8, 4) is 0 Å². The molecule has 0 saturated carbocycles. The monoisotopic (exact) mass is 442 g/mol. The Bertz CT molecular complexity index is 484. The van der Waals surface area contributed by atoms with Crippen molar-refractivity contribution in [3.63, 3.8) is 0 Å². The normalized spacial score (nSPS) is 11.7. The molecule has 0 saturated heterocycles. The van der Waals surface area contributed by atoms with Crippen molar-refractivity contribution in [1.29, 1.82) is 0 Å². The molecule has 1 aromatic rings. The molecule has 0 aliphatic carbocycles. The van der Waals surface area contributed by atoms with Gasteiger partial charge >= 0.3 is 12.0 Å². The van der Waals surface area contributed by atoms with Crippen molar-refractivity contribution in [2.75, 3.05) is 11.9 Å². The first-order valence-electron chi connectivity index (χ1n) is 5.30. The first-order chi connectivity index (χ1) is 8.93. The topological polar surface area (TPSA) is 98.7 Å². The first-order valence-corrected chi connectivity index (χ1v) is 7.17. The summed E-state index contributed by atoms with van der Waals surface area (Å²) in [6, 6.07) is 3.48. The van der Waals surface area contributed by atoms with Gasteiger partial charge in [-0.25, -0.2) is 9.59 Å². The molecule has 4 N–H and O–H groups in total. The van der Waals surface area contributed by atoms with Gasteiger partial charge in [-0.2, -0.15) is 0 Å². The number of nitrogens with one attached hydrogen (secondary N) is 2. The summed E-state index contributed by atoms with van der Waals surface area (Å²) in [6.45, 7) is -0.313. The molecule has 0 radical (unpaired) electrons. The third kappa shape index (κ3) is 5.33. The first kappa shape index (κ1) is 16.2. The largest absolute Gasteiger partial charge is 0.480 e. The lowest BCUT2D eigenvalue weighted by Gasteiger charge is -2.14. The van der Waals surface area contributed by atoms with Crippen LogP contribution in [0.3, 0.4) is 0 Å². The molecule has 0 spiro atoms. The second kappa shape index (κ2) is 7.65. The molecule has 0 heterocycles. The van der Waals surface area contributed by atoms with Crippen LogP contribution >= 0.6 is 38.5 Å². The van der Waals surface area contributed by atoms with E-state index in [1.165, 1.54) is 0 Å². The van der Waals surface area contributed by atoms with Crippen LogP contribution in [0.1, 0.15) is 6.42 Å². The second-order valence-corrected chi connectivity index (χ2v) is 5.65. The van der Waals surface area contributed by atoms with Gasteiger partial charge in [0, 0.05) is 26.8 Å². The fourth-order valence-electron chi connectivity index (χ4n) is 1.29. The Balaban J connectivity index is 2.63. The molecule has 8 heteroatoms. The van der Waals surface area contributed by atoms with Crippen LogP contribution in [0.15, 0.2) is 22.7 Å². The number of benzene rings is 1. The van der Waals surface area contributed by atoms with E-state index in [4.69, 9.17) is 10.2 Å². The van der Waals surface area contributed by atoms with Gasteiger partial charge in [-0.3, -0.25) is 0 Å². The van der Waals surface area contributed by atoms with Crippen LogP contribution in [-0.2, 0) is 4.79 Å². The number of carboxylic acids is 1. The minimum absolute atomic E-state index is 0.0425. The highest BCUT2D eigenvalue weighted by atomic mass is 127. The lowest BCUT2D eigenvalue weighted by atomic mass is 10.2. The quantitative estimate of drug-likeness (QED) is 0.524. The van der Waals surface area contributed by atoms with Crippen molar-refractivity contribution in [2.45, 2.75) is 12.5 Å². The number of aliphatic carboxylic acids is 1. The standard InChI is InChI=1S/C11H12BrIN2O4/c12-7-5-6(1-2-8(7)13)14-11(19)15-9(3-4-16)10(17)18/h1-2,5,9,16H,3-4H2,(H,17,18)(H2,14,15,19)/t9-/m0/s1.